The molecule has 2 unspecified atom stereocenters. The van der Waals surface area contributed by atoms with Crippen molar-refractivity contribution in [2.75, 3.05) is 25.6 Å². The van der Waals surface area contributed by atoms with Crippen LogP contribution in [-0.4, -0.2) is 34.0 Å². The number of rotatable bonds is 11. The maximum absolute atomic E-state index is 9.82. The summed E-state index contributed by atoms with van der Waals surface area (Å²) in [6.07, 6.45) is 9.37. The van der Waals surface area contributed by atoms with Crippen molar-refractivity contribution in [3.63, 3.8) is 0 Å². The number of nitriles is 6. The van der Waals surface area contributed by atoms with E-state index in [1.807, 2.05) is 36.8 Å². The van der Waals surface area contributed by atoms with Crippen molar-refractivity contribution in [2.24, 2.45) is 11.8 Å². The fourth-order valence-corrected chi connectivity index (χ4v) is 6.35. The summed E-state index contributed by atoms with van der Waals surface area (Å²) in [5.74, 6) is -0.0604. The van der Waals surface area contributed by atoms with E-state index in [0.29, 0.717) is 61.1 Å². The number of allylic oxidation sites excluding steroid dienone is 8. The number of thioether (sulfide) groups is 2. The van der Waals surface area contributed by atoms with Gasteiger partial charge in [-0.25, -0.2) is 0 Å². The van der Waals surface area contributed by atoms with Crippen LogP contribution in [0.25, 0.3) is 0 Å². The van der Waals surface area contributed by atoms with E-state index >= 15 is 0 Å². The van der Waals surface area contributed by atoms with Gasteiger partial charge in [0.05, 0.1) is 19.5 Å². The number of nitrogens with one attached hydrogen (secondary N) is 2. The topological polar surface area (TPSA) is 167 Å². The zero-order valence-electron chi connectivity index (χ0n) is 23.5. The van der Waals surface area contributed by atoms with Gasteiger partial charge in [0.1, 0.15) is 47.6 Å². The lowest BCUT2D eigenvalue weighted by Gasteiger charge is -2.28. The van der Waals surface area contributed by atoms with Crippen molar-refractivity contribution < 1.29 is 0 Å². The van der Waals surface area contributed by atoms with Gasteiger partial charge in [-0.3, -0.25) is 0 Å². The van der Waals surface area contributed by atoms with Crippen LogP contribution in [0.3, 0.4) is 0 Å². The lowest BCUT2D eigenvalue weighted by atomic mass is 9.82. The number of nitrogens with zero attached hydrogens (tertiary/aromatic N) is 6. The van der Waals surface area contributed by atoms with E-state index < -0.39 is 0 Å². The van der Waals surface area contributed by atoms with Crippen LogP contribution in [0.15, 0.2) is 44.8 Å². The average molecular weight is 631 g/mol. The second-order valence-corrected chi connectivity index (χ2v) is 12.7. The lowest BCUT2D eigenvalue weighted by Crippen LogP contribution is -2.27. The smallest absolute Gasteiger partial charge is 0.134 e. The molecule has 2 aliphatic rings. The van der Waals surface area contributed by atoms with Crippen molar-refractivity contribution in [3.05, 3.63) is 44.8 Å². The highest BCUT2D eigenvalue weighted by molar-refractivity contribution is 8.23. The summed E-state index contributed by atoms with van der Waals surface area (Å²) in [6, 6.07) is 12.1. The molecule has 2 N–H and O–H groups in total. The van der Waals surface area contributed by atoms with Gasteiger partial charge in [-0.2, -0.15) is 31.6 Å². The standard InChI is InChI=1S/C30H30N8S4/c1-41-29(39)19-9-23(21(13-31)14-32)25(17-35)27(11-19)37-7-5-3-4-6-8-38-28-12-20(30(40)42-2)10-24(26(28)18-36)22(15-33)16-34/h19-20,37-38H,3-12H2,1-2H3. The van der Waals surface area contributed by atoms with E-state index in [2.05, 4.69) is 22.8 Å². The van der Waals surface area contributed by atoms with Gasteiger partial charge in [0.25, 0.3) is 0 Å². The van der Waals surface area contributed by atoms with Gasteiger partial charge in [-0.05, 0) is 51.0 Å². The molecule has 0 aromatic carbocycles. The zero-order chi connectivity index (χ0) is 31.1. The quantitative estimate of drug-likeness (QED) is 0.152. The summed E-state index contributed by atoms with van der Waals surface area (Å²) in [7, 11) is 0. The summed E-state index contributed by atoms with van der Waals surface area (Å²) in [4.78, 5) is 0. The van der Waals surface area contributed by atoms with Crippen molar-refractivity contribution in [1.82, 2.24) is 10.6 Å². The molecule has 0 fully saturated rings. The van der Waals surface area contributed by atoms with Gasteiger partial charge in [0.2, 0.25) is 0 Å². The molecule has 0 saturated carbocycles. The largest absolute Gasteiger partial charge is 0.387 e. The second-order valence-electron chi connectivity index (χ2n) is 9.61. The van der Waals surface area contributed by atoms with E-state index in [4.69, 9.17) is 24.4 Å². The van der Waals surface area contributed by atoms with Crippen LogP contribution in [0.5, 0.6) is 0 Å². The highest BCUT2D eigenvalue weighted by Gasteiger charge is 2.31. The molecule has 0 aliphatic heterocycles. The van der Waals surface area contributed by atoms with Crippen LogP contribution in [0.2, 0.25) is 0 Å². The first-order valence-corrected chi connectivity index (χ1v) is 16.6. The van der Waals surface area contributed by atoms with E-state index in [1.165, 1.54) is 23.5 Å². The summed E-state index contributed by atoms with van der Waals surface area (Å²) < 4.78 is 1.58. The van der Waals surface area contributed by atoms with Crippen molar-refractivity contribution in [1.29, 1.82) is 31.6 Å². The number of hydrogen-bond donors (Lipinski definition) is 2. The number of thiocarbonyl (C=S) groups is 2. The predicted molar refractivity (Wildman–Crippen MR) is 174 cm³/mol. The number of hydrogen-bond acceptors (Lipinski definition) is 12. The highest BCUT2D eigenvalue weighted by atomic mass is 32.2. The van der Waals surface area contributed by atoms with Gasteiger partial charge in [0, 0.05) is 47.5 Å². The van der Waals surface area contributed by atoms with E-state index in [-0.39, 0.29) is 23.0 Å². The second kappa shape index (κ2) is 18.0. The summed E-state index contributed by atoms with van der Waals surface area (Å²) in [6.45, 7) is 1.29. The fourth-order valence-electron chi connectivity index (χ4n) is 5.02. The van der Waals surface area contributed by atoms with Crippen molar-refractivity contribution in [2.45, 2.75) is 51.4 Å². The molecule has 2 atom stereocenters. The maximum atomic E-state index is 9.82. The molecule has 0 aromatic heterocycles. The molecule has 0 saturated heterocycles. The minimum absolute atomic E-state index is 0.0302. The highest BCUT2D eigenvalue weighted by Crippen LogP contribution is 2.38. The molecule has 8 nitrogen and oxygen atoms in total. The Morgan fingerprint density at radius 1 is 0.643 bits per heavy atom. The third-order valence-corrected chi connectivity index (χ3v) is 10.3. The Labute approximate surface area is 267 Å². The van der Waals surface area contributed by atoms with Crippen LogP contribution in [0.4, 0.5) is 0 Å². The Hall–Kier alpha value is -3.62. The Morgan fingerprint density at radius 2 is 1.00 bits per heavy atom. The van der Waals surface area contributed by atoms with Gasteiger partial charge in [-0.1, -0.05) is 37.3 Å². The normalized spacial score (nSPS) is 17.9. The van der Waals surface area contributed by atoms with Gasteiger partial charge >= 0.3 is 0 Å². The van der Waals surface area contributed by atoms with E-state index in [1.54, 1.807) is 0 Å². The molecule has 214 valence electrons. The van der Waals surface area contributed by atoms with Crippen LogP contribution < -0.4 is 10.6 Å². The molecule has 0 spiro atoms. The molecule has 42 heavy (non-hydrogen) atoms. The molecule has 2 aliphatic carbocycles. The van der Waals surface area contributed by atoms with E-state index in [0.717, 1.165) is 45.5 Å². The third kappa shape index (κ3) is 8.94. The van der Waals surface area contributed by atoms with Crippen LogP contribution in [0.1, 0.15) is 51.4 Å². The SMILES string of the molecule is CSC(=S)C1CC(NCCCCCCNC2=C(C#N)C(=C(C#N)C#N)CC(C(=S)SC)C2)=C(C#N)C(=C(C#N)C#N)C1. The first-order chi connectivity index (χ1) is 20.3. The van der Waals surface area contributed by atoms with Crippen LogP contribution >= 0.6 is 48.0 Å². The van der Waals surface area contributed by atoms with E-state index in [9.17, 15) is 31.6 Å². The fraction of sp³-hybridized carbons (Fsp3) is 0.467. The maximum Gasteiger partial charge on any atom is 0.134 e. The molecule has 0 amide bonds. The van der Waals surface area contributed by atoms with Crippen molar-refractivity contribution in [3.8, 4) is 36.4 Å². The predicted octanol–water partition coefficient (Wildman–Crippen LogP) is 6.17. The molecule has 0 aromatic rings. The first-order valence-electron chi connectivity index (χ1n) is 13.3. The zero-order valence-corrected chi connectivity index (χ0v) is 26.8. The number of unbranched alkanes of at least 4 members (excludes halogenated alkanes) is 3. The Balaban J connectivity index is 1.99. The monoisotopic (exact) mass is 630 g/mol. The molecule has 0 heterocycles. The van der Waals surface area contributed by atoms with Gasteiger partial charge < -0.3 is 10.6 Å². The minimum atomic E-state index is -0.0414. The minimum Gasteiger partial charge on any atom is -0.387 e. The molecule has 12 heteroatoms. The van der Waals surface area contributed by atoms with Gasteiger partial charge in [-0.15, -0.1) is 23.5 Å². The summed E-state index contributed by atoms with van der Waals surface area (Å²) in [5, 5.41) is 64.1. The molecular weight excluding hydrogens is 601 g/mol. The Kier molecular flexibility index (Phi) is 14.8. The summed E-state index contributed by atoms with van der Waals surface area (Å²) >= 11 is 14.0. The Bertz CT molecular complexity index is 1330. The molecule has 2 rings (SSSR count). The summed E-state index contributed by atoms with van der Waals surface area (Å²) in [5.41, 5.74) is 3.05. The third-order valence-electron chi connectivity index (χ3n) is 7.13. The molecule has 0 radical (unpaired) electrons. The van der Waals surface area contributed by atoms with Gasteiger partial charge in [0.15, 0.2) is 0 Å². The molecule has 0 bridgehead atoms. The first kappa shape index (κ1) is 34.6. The van der Waals surface area contributed by atoms with Crippen molar-refractivity contribution >= 4 is 56.4 Å². The van der Waals surface area contributed by atoms with Crippen LogP contribution in [0, 0.1) is 79.8 Å². The lowest BCUT2D eigenvalue weighted by molar-refractivity contribution is 0.559. The Morgan fingerprint density at radius 3 is 1.29 bits per heavy atom. The molecular formula is C30H30N8S4. The average Bonchev–Trinajstić information content (AvgIpc) is 3.02. The van der Waals surface area contributed by atoms with Crippen LogP contribution in [-0.2, 0) is 0 Å².